The molecule has 1 aliphatic heterocycles. The lowest BCUT2D eigenvalue weighted by Gasteiger charge is -2.38. The van der Waals surface area contributed by atoms with E-state index in [1.165, 1.54) is 6.07 Å². The number of hydrogen-bond donors (Lipinski definition) is 2. The van der Waals surface area contributed by atoms with Crippen LogP contribution in [0.25, 0.3) is 0 Å². The molecule has 0 bridgehead atoms. The second-order valence-electron chi connectivity index (χ2n) is 5.20. The van der Waals surface area contributed by atoms with Gasteiger partial charge in [-0.05, 0) is 19.9 Å². The number of nitrogens with one attached hydrogen (secondary N) is 2. The number of hydrogen-bond acceptors (Lipinski definition) is 5. The minimum atomic E-state index is -0.456. The van der Waals surface area contributed by atoms with Gasteiger partial charge in [-0.3, -0.25) is 14.9 Å². The Kier molecular flexibility index (Phi) is 6.58. The van der Waals surface area contributed by atoms with Crippen LogP contribution in [0.5, 0.6) is 0 Å². The molecule has 1 fully saturated rings. The fourth-order valence-corrected chi connectivity index (χ4v) is 2.46. The smallest absolute Gasteiger partial charge is 0.292 e. The molecule has 2 rings (SSSR count). The zero-order valence-corrected chi connectivity index (χ0v) is 13.4. The van der Waals surface area contributed by atoms with Crippen molar-refractivity contribution in [2.45, 2.75) is 25.9 Å². The molecule has 22 heavy (non-hydrogen) atoms. The van der Waals surface area contributed by atoms with Gasteiger partial charge in [0.2, 0.25) is 5.91 Å². The fourth-order valence-electron chi connectivity index (χ4n) is 2.46. The van der Waals surface area contributed by atoms with Gasteiger partial charge in [-0.15, -0.1) is 12.4 Å². The van der Waals surface area contributed by atoms with Crippen molar-refractivity contribution in [1.29, 1.82) is 0 Å². The Morgan fingerprint density at radius 1 is 1.45 bits per heavy atom. The second-order valence-corrected chi connectivity index (χ2v) is 5.20. The predicted octanol–water partition coefficient (Wildman–Crippen LogP) is 1.64. The van der Waals surface area contributed by atoms with Crippen LogP contribution in [-0.2, 0) is 4.79 Å². The number of amides is 1. The third-order valence-corrected chi connectivity index (χ3v) is 3.89. The molecule has 0 radical (unpaired) electrons. The topological polar surface area (TPSA) is 87.5 Å². The molecule has 1 saturated heterocycles. The molecular formula is C14H21ClN4O3. The fraction of sp³-hybridized carbons (Fsp3) is 0.500. The number of carbonyl (C=O) groups excluding carboxylic acids is 1. The predicted molar refractivity (Wildman–Crippen MR) is 87.5 cm³/mol. The first-order valence-electron chi connectivity index (χ1n) is 7.01. The molecule has 7 nitrogen and oxygen atoms in total. The summed E-state index contributed by atoms with van der Waals surface area (Å²) in [5.41, 5.74) is 0.346. The van der Waals surface area contributed by atoms with Crippen LogP contribution in [0, 0.1) is 10.1 Å². The zero-order valence-electron chi connectivity index (χ0n) is 12.6. The van der Waals surface area contributed by atoms with Gasteiger partial charge in [0.1, 0.15) is 5.69 Å². The highest BCUT2D eigenvalue weighted by Gasteiger charge is 2.27. The van der Waals surface area contributed by atoms with E-state index in [2.05, 4.69) is 10.6 Å². The van der Waals surface area contributed by atoms with Gasteiger partial charge in [0.25, 0.3) is 5.69 Å². The molecule has 1 heterocycles. The summed E-state index contributed by atoms with van der Waals surface area (Å²) in [4.78, 5) is 24.6. The van der Waals surface area contributed by atoms with Gasteiger partial charge in [-0.25, -0.2) is 0 Å². The van der Waals surface area contributed by atoms with E-state index in [1.807, 2.05) is 18.7 Å². The Labute approximate surface area is 135 Å². The molecule has 1 aromatic rings. The van der Waals surface area contributed by atoms with E-state index in [0.717, 1.165) is 6.54 Å². The molecule has 0 aliphatic carbocycles. The monoisotopic (exact) mass is 328 g/mol. The minimum Gasteiger partial charge on any atom is -0.371 e. The Balaban J connectivity index is 0.00000242. The number of nitro benzene ring substituents is 1. The van der Waals surface area contributed by atoms with Crippen LogP contribution < -0.4 is 10.6 Å². The highest BCUT2D eigenvalue weighted by atomic mass is 35.5. The van der Waals surface area contributed by atoms with Crippen molar-refractivity contribution < 1.29 is 9.72 Å². The van der Waals surface area contributed by atoms with Crippen LogP contribution in [-0.4, -0.2) is 47.4 Å². The van der Waals surface area contributed by atoms with Crippen LogP contribution in [0.15, 0.2) is 24.3 Å². The second kappa shape index (κ2) is 7.95. The lowest BCUT2D eigenvalue weighted by atomic mass is 10.1. The third kappa shape index (κ3) is 4.08. The first-order valence-corrected chi connectivity index (χ1v) is 7.01. The molecule has 1 aliphatic rings. The van der Waals surface area contributed by atoms with Crippen molar-refractivity contribution in [1.82, 2.24) is 10.2 Å². The summed E-state index contributed by atoms with van der Waals surface area (Å²) in [6.07, 6.45) is 0. The van der Waals surface area contributed by atoms with Crippen LogP contribution in [0.4, 0.5) is 11.4 Å². The van der Waals surface area contributed by atoms with E-state index >= 15 is 0 Å². The maximum absolute atomic E-state index is 12.3. The van der Waals surface area contributed by atoms with E-state index in [4.69, 9.17) is 0 Å². The van der Waals surface area contributed by atoms with Crippen LogP contribution >= 0.6 is 12.4 Å². The molecule has 8 heteroatoms. The highest BCUT2D eigenvalue weighted by Crippen LogP contribution is 2.23. The standard InChI is InChI=1S/C14H20N4O3.ClH/c1-10-11(2)17(8-7-15-10)14(19)9-16-12-5-3-4-6-13(12)18(20)21;/h3-6,10-11,15-16H,7-9H2,1-2H3;1H. The number of benzene rings is 1. The van der Waals surface area contributed by atoms with Crippen molar-refractivity contribution >= 4 is 29.7 Å². The average Bonchev–Trinajstić information content (AvgIpc) is 2.47. The van der Waals surface area contributed by atoms with Crippen molar-refractivity contribution in [2.24, 2.45) is 0 Å². The van der Waals surface area contributed by atoms with Gasteiger partial charge in [-0.2, -0.15) is 0 Å². The summed E-state index contributed by atoms with van der Waals surface area (Å²) >= 11 is 0. The van der Waals surface area contributed by atoms with Gasteiger partial charge in [-0.1, -0.05) is 12.1 Å². The summed E-state index contributed by atoms with van der Waals surface area (Å²) < 4.78 is 0. The molecule has 0 spiro atoms. The number of piperazine rings is 1. The molecule has 1 aromatic carbocycles. The number of anilines is 1. The average molecular weight is 329 g/mol. The minimum absolute atomic E-state index is 0. The van der Waals surface area contributed by atoms with Crippen LogP contribution in [0.3, 0.4) is 0 Å². The quantitative estimate of drug-likeness (QED) is 0.648. The summed E-state index contributed by atoms with van der Waals surface area (Å²) in [6.45, 7) is 5.52. The number of para-hydroxylation sites is 2. The van der Waals surface area contributed by atoms with Gasteiger partial charge >= 0.3 is 0 Å². The maximum atomic E-state index is 12.3. The summed E-state index contributed by atoms with van der Waals surface area (Å²) in [5.74, 6) is -0.0472. The Morgan fingerprint density at radius 2 is 2.14 bits per heavy atom. The Hall–Kier alpha value is -1.86. The molecule has 2 unspecified atom stereocenters. The van der Waals surface area contributed by atoms with Crippen LogP contribution in [0.1, 0.15) is 13.8 Å². The molecule has 1 amide bonds. The maximum Gasteiger partial charge on any atom is 0.292 e. The number of rotatable bonds is 4. The third-order valence-electron chi connectivity index (χ3n) is 3.89. The normalized spacial score (nSPS) is 20.9. The van der Waals surface area contributed by atoms with Crippen molar-refractivity contribution in [2.75, 3.05) is 25.0 Å². The van der Waals surface area contributed by atoms with Gasteiger partial charge in [0, 0.05) is 31.2 Å². The molecule has 122 valence electrons. The van der Waals surface area contributed by atoms with Gasteiger partial charge < -0.3 is 15.5 Å². The Bertz CT molecular complexity index is 541. The molecule has 0 saturated carbocycles. The van der Waals surface area contributed by atoms with E-state index in [0.29, 0.717) is 12.2 Å². The summed E-state index contributed by atoms with van der Waals surface area (Å²) in [5, 5.41) is 17.1. The van der Waals surface area contributed by atoms with Crippen molar-refractivity contribution in [3.05, 3.63) is 34.4 Å². The number of nitrogens with zero attached hydrogens (tertiary/aromatic N) is 2. The number of halogens is 1. The summed E-state index contributed by atoms with van der Waals surface area (Å²) in [6, 6.07) is 6.69. The van der Waals surface area contributed by atoms with Gasteiger partial charge in [0.15, 0.2) is 0 Å². The van der Waals surface area contributed by atoms with E-state index in [-0.39, 0.29) is 42.6 Å². The van der Waals surface area contributed by atoms with Crippen LogP contribution in [0.2, 0.25) is 0 Å². The van der Waals surface area contributed by atoms with E-state index in [1.54, 1.807) is 18.2 Å². The SMILES string of the molecule is CC1NCCN(C(=O)CNc2ccccc2[N+](=O)[O-])C1C.Cl. The van der Waals surface area contributed by atoms with Crippen molar-refractivity contribution in [3.63, 3.8) is 0 Å². The number of carbonyl (C=O) groups is 1. The first-order chi connectivity index (χ1) is 10.0. The molecular weight excluding hydrogens is 308 g/mol. The lowest BCUT2D eigenvalue weighted by Crippen LogP contribution is -2.58. The number of nitro groups is 1. The lowest BCUT2D eigenvalue weighted by molar-refractivity contribution is -0.383. The molecule has 2 atom stereocenters. The van der Waals surface area contributed by atoms with E-state index in [9.17, 15) is 14.9 Å². The Morgan fingerprint density at radius 3 is 2.82 bits per heavy atom. The first kappa shape index (κ1) is 18.2. The highest BCUT2D eigenvalue weighted by molar-refractivity contribution is 5.85. The van der Waals surface area contributed by atoms with Crippen molar-refractivity contribution in [3.8, 4) is 0 Å². The van der Waals surface area contributed by atoms with E-state index < -0.39 is 4.92 Å². The largest absolute Gasteiger partial charge is 0.371 e. The molecule has 2 N–H and O–H groups in total. The summed E-state index contributed by atoms with van der Waals surface area (Å²) in [7, 11) is 0. The van der Waals surface area contributed by atoms with Gasteiger partial charge in [0.05, 0.1) is 11.5 Å². The molecule has 0 aromatic heterocycles. The zero-order chi connectivity index (χ0) is 15.4.